The summed E-state index contributed by atoms with van der Waals surface area (Å²) >= 11 is 6.16. The molecule has 24 heavy (non-hydrogen) atoms. The molecule has 1 aliphatic heterocycles. The topological polar surface area (TPSA) is 96.5 Å². The van der Waals surface area contributed by atoms with Crippen molar-refractivity contribution in [3.05, 3.63) is 34.9 Å². The van der Waals surface area contributed by atoms with Crippen molar-refractivity contribution in [1.82, 2.24) is 16.0 Å². The van der Waals surface area contributed by atoms with Gasteiger partial charge in [-0.25, -0.2) is 0 Å². The Morgan fingerprint density at radius 3 is 2.75 bits per heavy atom. The minimum Gasteiger partial charge on any atom is -0.356 e. The van der Waals surface area contributed by atoms with E-state index in [1.807, 2.05) is 0 Å². The van der Waals surface area contributed by atoms with Crippen LogP contribution in [0.1, 0.15) is 24.4 Å². The summed E-state index contributed by atoms with van der Waals surface area (Å²) in [6.07, 6.45) is 1.01. The Bertz CT molecular complexity index is 662. The maximum Gasteiger partial charge on any atom is 0.252 e. The van der Waals surface area contributed by atoms with Crippen LogP contribution in [0.2, 0.25) is 5.02 Å². The standard InChI is InChI=1S/C16H18ClN3O4/c17-11-4-2-1-3-10(11)14-15(24-8-13(22)20-14)16(23)18-7-12(21)19-9-5-6-9/h1-4,9,14-15H,5-8H2,(H,18,23)(H,19,21)(H,20,22)/t14-,15+/m1/s1. The van der Waals surface area contributed by atoms with Gasteiger partial charge in [-0.1, -0.05) is 29.8 Å². The minimum absolute atomic E-state index is 0.127. The average Bonchev–Trinajstić information content (AvgIpc) is 3.37. The molecular weight excluding hydrogens is 334 g/mol. The lowest BCUT2D eigenvalue weighted by atomic mass is 9.99. The van der Waals surface area contributed by atoms with Crippen molar-refractivity contribution in [2.24, 2.45) is 0 Å². The third-order valence-electron chi connectivity index (χ3n) is 3.88. The van der Waals surface area contributed by atoms with Crippen molar-refractivity contribution in [1.29, 1.82) is 0 Å². The molecule has 0 aromatic heterocycles. The van der Waals surface area contributed by atoms with Crippen molar-refractivity contribution in [2.75, 3.05) is 13.2 Å². The van der Waals surface area contributed by atoms with Gasteiger partial charge < -0.3 is 20.7 Å². The number of rotatable bonds is 5. The second kappa shape index (κ2) is 7.19. The highest BCUT2D eigenvalue weighted by Gasteiger charge is 2.37. The monoisotopic (exact) mass is 351 g/mol. The van der Waals surface area contributed by atoms with E-state index < -0.39 is 18.1 Å². The number of ether oxygens (including phenoxy) is 1. The Kier molecular flexibility index (Phi) is 5.01. The van der Waals surface area contributed by atoms with Crippen LogP contribution in [-0.2, 0) is 19.1 Å². The SMILES string of the molecule is O=C(CNC(=O)[C@H]1OCC(=O)N[C@@H]1c1ccccc1Cl)NC1CC1. The van der Waals surface area contributed by atoms with Crippen molar-refractivity contribution in [3.63, 3.8) is 0 Å². The van der Waals surface area contributed by atoms with Gasteiger partial charge in [0.05, 0.1) is 12.6 Å². The van der Waals surface area contributed by atoms with Crippen LogP contribution in [0.25, 0.3) is 0 Å². The molecule has 128 valence electrons. The van der Waals surface area contributed by atoms with Gasteiger partial charge in [0.1, 0.15) is 6.61 Å². The first-order chi connectivity index (χ1) is 11.5. The highest BCUT2D eigenvalue weighted by molar-refractivity contribution is 6.31. The average molecular weight is 352 g/mol. The van der Waals surface area contributed by atoms with Crippen molar-refractivity contribution >= 4 is 29.3 Å². The molecule has 0 radical (unpaired) electrons. The fourth-order valence-corrected chi connectivity index (χ4v) is 2.78. The number of amides is 3. The summed E-state index contributed by atoms with van der Waals surface area (Å²) < 4.78 is 5.39. The van der Waals surface area contributed by atoms with Crippen molar-refractivity contribution in [3.8, 4) is 0 Å². The number of nitrogens with one attached hydrogen (secondary N) is 3. The highest BCUT2D eigenvalue weighted by Crippen LogP contribution is 2.28. The molecule has 1 aromatic rings. The number of benzene rings is 1. The van der Waals surface area contributed by atoms with Crippen LogP contribution in [0.4, 0.5) is 0 Å². The van der Waals surface area contributed by atoms with Gasteiger partial charge in [-0.15, -0.1) is 0 Å². The molecule has 0 spiro atoms. The molecule has 1 saturated carbocycles. The van der Waals surface area contributed by atoms with E-state index in [1.54, 1.807) is 24.3 Å². The van der Waals surface area contributed by atoms with Crippen LogP contribution < -0.4 is 16.0 Å². The Hall–Kier alpha value is -2.12. The predicted octanol–water partition coefficient (Wildman–Crippen LogP) is 0.291. The molecule has 7 nitrogen and oxygen atoms in total. The molecule has 3 N–H and O–H groups in total. The largest absolute Gasteiger partial charge is 0.356 e. The number of halogens is 1. The first kappa shape index (κ1) is 16.7. The first-order valence-corrected chi connectivity index (χ1v) is 8.15. The molecule has 3 amide bonds. The third-order valence-corrected chi connectivity index (χ3v) is 4.22. The van der Waals surface area contributed by atoms with E-state index in [9.17, 15) is 14.4 Å². The predicted molar refractivity (Wildman–Crippen MR) is 86.3 cm³/mol. The van der Waals surface area contributed by atoms with Crippen LogP contribution in [0, 0.1) is 0 Å². The van der Waals surface area contributed by atoms with Crippen LogP contribution in [0.3, 0.4) is 0 Å². The second-order valence-corrected chi connectivity index (χ2v) is 6.27. The fraction of sp³-hybridized carbons (Fsp3) is 0.438. The normalized spacial score (nSPS) is 23.3. The number of morpholine rings is 1. The lowest BCUT2D eigenvalue weighted by Crippen LogP contribution is -2.53. The summed E-state index contributed by atoms with van der Waals surface area (Å²) in [6.45, 7) is -0.342. The number of carbonyl (C=O) groups is 3. The number of hydrogen-bond acceptors (Lipinski definition) is 4. The molecule has 1 aromatic carbocycles. The second-order valence-electron chi connectivity index (χ2n) is 5.86. The van der Waals surface area contributed by atoms with E-state index >= 15 is 0 Å². The third kappa shape index (κ3) is 4.04. The van der Waals surface area contributed by atoms with E-state index in [2.05, 4.69) is 16.0 Å². The van der Waals surface area contributed by atoms with Gasteiger partial charge in [0.25, 0.3) is 5.91 Å². The van der Waals surface area contributed by atoms with Gasteiger partial charge in [0.2, 0.25) is 11.8 Å². The lowest BCUT2D eigenvalue weighted by Gasteiger charge is -2.32. The molecule has 0 unspecified atom stereocenters. The first-order valence-electron chi connectivity index (χ1n) is 7.77. The lowest BCUT2D eigenvalue weighted by molar-refractivity contribution is -0.148. The van der Waals surface area contributed by atoms with Crippen molar-refractivity contribution < 1.29 is 19.1 Å². The Balaban J connectivity index is 1.66. The maximum absolute atomic E-state index is 12.4. The highest BCUT2D eigenvalue weighted by atomic mass is 35.5. The molecule has 1 heterocycles. The van der Waals surface area contributed by atoms with E-state index in [0.29, 0.717) is 10.6 Å². The van der Waals surface area contributed by atoms with E-state index in [4.69, 9.17) is 16.3 Å². The molecule has 1 aliphatic carbocycles. The Morgan fingerprint density at radius 2 is 2.04 bits per heavy atom. The zero-order valence-corrected chi connectivity index (χ0v) is 13.6. The Labute approximate surface area is 144 Å². The Morgan fingerprint density at radius 1 is 1.29 bits per heavy atom. The zero-order valence-electron chi connectivity index (χ0n) is 12.9. The summed E-state index contributed by atoms with van der Waals surface area (Å²) in [5, 5.41) is 8.49. The summed E-state index contributed by atoms with van der Waals surface area (Å²) in [6, 6.07) is 6.45. The quantitative estimate of drug-likeness (QED) is 0.710. The van der Waals surface area contributed by atoms with E-state index in [1.165, 1.54) is 0 Å². The van der Waals surface area contributed by atoms with Crippen LogP contribution in [0.5, 0.6) is 0 Å². The summed E-state index contributed by atoms with van der Waals surface area (Å²) in [5.41, 5.74) is 0.592. The molecule has 3 rings (SSSR count). The number of carbonyl (C=O) groups excluding carboxylic acids is 3. The molecular formula is C16H18ClN3O4. The fourth-order valence-electron chi connectivity index (χ4n) is 2.52. The molecule has 2 atom stereocenters. The van der Waals surface area contributed by atoms with Gasteiger partial charge in [0.15, 0.2) is 6.10 Å². The van der Waals surface area contributed by atoms with E-state index in [-0.39, 0.29) is 31.0 Å². The van der Waals surface area contributed by atoms with Gasteiger partial charge in [-0.2, -0.15) is 0 Å². The molecule has 0 bridgehead atoms. The maximum atomic E-state index is 12.4. The molecule has 2 aliphatic rings. The van der Waals surface area contributed by atoms with Gasteiger partial charge in [0, 0.05) is 11.1 Å². The molecule has 2 fully saturated rings. The molecule has 8 heteroatoms. The minimum atomic E-state index is -0.948. The summed E-state index contributed by atoms with van der Waals surface area (Å²) in [4.78, 5) is 35.7. The van der Waals surface area contributed by atoms with Crippen molar-refractivity contribution in [2.45, 2.75) is 31.0 Å². The smallest absolute Gasteiger partial charge is 0.252 e. The van der Waals surface area contributed by atoms with Gasteiger partial charge in [-0.3, -0.25) is 14.4 Å². The van der Waals surface area contributed by atoms with Crippen LogP contribution >= 0.6 is 11.6 Å². The molecule has 1 saturated heterocycles. The summed E-state index contributed by atoms with van der Waals surface area (Å²) in [5.74, 6) is -1.03. The number of hydrogen-bond donors (Lipinski definition) is 3. The van der Waals surface area contributed by atoms with Gasteiger partial charge in [-0.05, 0) is 24.5 Å². The van der Waals surface area contributed by atoms with Crippen LogP contribution in [0.15, 0.2) is 24.3 Å². The zero-order chi connectivity index (χ0) is 17.1. The van der Waals surface area contributed by atoms with Crippen LogP contribution in [-0.4, -0.2) is 43.0 Å². The summed E-state index contributed by atoms with van der Waals surface area (Å²) in [7, 11) is 0. The van der Waals surface area contributed by atoms with Gasteiger partial charge >= 0.3 is 0 Å². The van der Waals surface area contributed by atoms with E-state index in [0.717, 1.165) is 12.8 Å².